The van der Waals surface area contributed by atoms with Crippen molar-refractivity contribution >= 4 is 17.7 Å². The molecule has 1 atom stereocenters. The zero-order valence-electron chi connectivity index (χ0n) is 19.1. The van der Waals surface area contributed by atoms with Crippen LogP contribution in [-0.2, 0) is 4.74 Å². The normalized spacial score (nSPS) is 15.4. The summed E-state index contributed by atoms with van der Waals surface area (Å²) < 4.78 is 4.83. The van der Waals surface area contributed by atoms with Gasteiger partial charge < -0.3 is 14.6 Å². The third-order valence-corrected chi connectivity index (χ3v) is 6.37. The SMILES string of the molecule is COC(=O)c1[nH]c(C)c(C(=O)[C@@H](C)N(C(=O)c2ccc(C)cc2)C2CCCCC2)c1C. The molecule has 1 amide bonds. The summed E-state index contributed by atoms with van der Waals surface area (Å²) in [6.45, 7) is 7.29. The molecule has 6 nitrogen and oxygen atoms in total. The highest BCUT2D eigenvalue weighted by molar-refractivity contribution is 6.07. The highest BCUT2D eigenvalue weighted by Crippen LogP contribution is 2.29. The van der Waals surface area contributed by atoms with Gasteiger partial charge in [0.2, 0.25) is 0 Å². The van der Waals surface area contributed by atoms with Gasteiger partial charge in [0, 0.05) is 22.9 Å². The van der Waals surface area contributed by atoms with Crippen LogP contribution < -0.4 is 0 Å². The molecule has 166 valence electrons. The number of nitrogens with one attached hydrogen (secondary N) is 1. The molecule has 1 aromatic heterocycles. The molecule has 0 unspecified atom stereocenters. The van der Waals surface area contributed by atoms with E-state index in [1.807, 2.05) is 31.2 Å². The lowest BCUT2D eigenvalue weighted by molar-refractivity contribution is 0.0486. The van der Waals surface area contributed by atoms with Gasteiger partial charge in [-0.15, -0.1) is 0 Å². The Bertz CT molecular complexity index is 968. The first kappa shape index (κ1) is 22.8. The van der Waals surface area contributed by atoms with Gasteiger partial charge in [0.05, 0.1) is 13.2 Å². The van der Waals surface area contributed by atoms with E-state index in [4.69, 9.17) is 4.74 Å². The van der Waals surface area contributed by atoms with Crippen LogP contribution in [0.2, 0.25) is 0 Å². The molecule has 0 aliphatic heterocycles. The molecule has 3 rings (SSSR count). The lowest BCUT2D eigenvalue weighted by atomic mass is 9.90. The fraction of sp³-hybridized carbons (Fsp3) is 0.480. The number of esters is 1. The summed E-state index contributed by atoms with van der Waals surface area (Å²) in [5, 5.41) is 0. The van der Waals surface area contributed by atoms with E-state index < -0.39 is 12.0 Å². The number of ketones is 1. The first-order valence-corrected chi connectivity index (χ1v) is 11.0. The number of benzene rings is 1. The van der Waals surface area contributed by atoms with Gasteiger partial charge in [-0.1, -0.05) is 37.0 Å². The Morgan fingerprint density at radius 2 is 1.65 bits per heavy atom. The minimum Gasteiger partial charge on any atom is -0.464 e. The first-order chi connectivity index (χ1) is 14.8. The van der Waals surface area contributed by atoms with Crippen LogP contribution in [0.5, 0.6) is 0 Å². The summed E-state index contributed by atoms with van der Waals surface area (Å²) in [4.78, 5) is 44.0. The highest BCUT2D eigenvalue weighted by Gasteiger charge is 2.36. The third kappa shape index (κ3) is 4.58. The van der Waals surface area contributed by atoms with Gasteiger partial charge in [0.1, 0.15) is 5.69 Å². The van der Waals surface area contributed by atoms with E-state index >= 15 is 0 Å². The molecule has 1 aromatic carbocycles. The number of ether oxygens (including phenoxy) is 1. The van der Waals surface area contributed by atoms with Gasteiger partial charge in [-0.2, -0.15) is 0 Å². The van der Waals surface area contributed by atoms with Gasteiger partial charge >= 0.3 is 5.97 Å². The Morgan fingerprint density at radius 3 is 2.23 bits per heavy atom. The van der Waals surface area contributed by atoms with Crippen LogP contribution in [0.1, 0.15) is 87.1 Å². The van der Waals surface area contributed by atoms with Gasteiger partial charge in [-0.3, -0.25) is 9.59 Å². The monoisotopic (exact) mass is 424 g/mol. The number of hydrogen-bond acceptors (Lipinski definition) is 4. The average molecular weight is 425 g/mol. The zero-order valence-corrected chi connectivity index (χ0v) is 19.1. The number of aryl methyl sites for hydroxylation is 2. The molecular formula is C25H32N2O4. The van der Waals surface area contributed by atoms with Crippen LogP contribution in [0, 0.1) is 20.8 Å². The highest BCUT2D eigenvalue weighted by atomic mass is 16.5. The molecule has 1 heterocycles. The summed E-state index contributed by atoms with van der Waals surface area (Å²) in [6, 6.07) is 6.88. The smallest absolute Gasteiger partial charge is 0.354 e. The van der Waals surface area contributed by atoms with Crippen LogP contribution in [0.25, 0.3) is 0 Å². The molecule has 0 spiro atoms. The van der Waals surface area contributed by atoms with Crippen LogP contribution in [0.3, 0.4) is 0 Å². The number of methoxy groups -OCH3 is 1. The van der Waals surface area contributed by atoms with Crippen molar-refractivity contribution in [3.05, 3.63) is 57.9 Å². The summed E-state index contributed by atoms with van der Waals surface area (Å²) in [5.41, 5.74) is 3.59. The minimum absolute atomic E-state index is 0.0288. The molecule has 0 saturated heterocycles. The second kappa shape index (κ2) is 9.50. The molecular weight excluding hydrogens is 392 g/mol. The number of nitrogens with zero attached hydrogens (tertiary/aromatic N) is 1. The number of carbonyl (C=O) groups is 3. The number of carbonyl (C=O) groups excluding carboxylic acids is 3. The molecule has 1 saturated carbocycles. The summed E-state index contributed by atoms with van der Waals surface area (Å²) in [6.07, 6.45) is 5.06. The Labute approximate surface area is 184 Å². The van der Waals surface area contributed by atoms with E-state index in [-0.39, 0.29) is 23.4 Å². The standard InChI is InChI=1S/C25H32N2O4/c1-15-11-13-19(14-12-15)24(29)27(20-9-7-6-8-10-20)18(4)23(28)21-16(2)22(25(30)31-5)26-17(21)3/h11-14,18,20,26H,6-10H2,1-5H3/t18-/m1/s1. The van der Waals surface area contributed by atoms with E-state index in [1.54, 1.807) is 25.7 Å². The lowest BCUT2D eigenvalue weighted by Crippen LogP contribution is -2.50. The number of Topliss-reactive ketones (excluding diaryl/α,β-unsaturated/α-hetero) is 1. The van der Waals surface area contributed by atoms with Crippen LogP contribution in [-0.4, -0.2) is 46.7 Å². The number of hydrogen-bond donors (Lipinski definition) is 1. The van der Waals surface area contributed by atoms with E-state index in [9.17, 15) is 14.4 Å². The van der Waals surface area contributed by atoms with Crippen molar-refractivity contribution in [3.63, 3.8) is 0 Å². The lowest BCUT2D eigenvalue weighted by Gasteiger charge is -2.38. The average Bonchev–Trinajstić information content (AvgIpc) is 3.07. The summed E-state index contributed by atoms with van der Waals surface area (Å²) in [7, 11) is 1.31. The fourth-order valence-corrected chi connectivity index (χ4v) is 4.62. The molecule has 2 aromatic rings. The van der Waals surface area contributed by atoms with Crippen molar-refractivity contribution in [2.75, 3.05) is 7.11 Å². The Morgan fingerprint density at radius 1 is 1.03 bits per heavy atom. The second-order valence-corrected chi connectivity index (χ2v) is 8.53. The third-order valence-electron chi connectivity index (χ3n) is 6.37. The zero-order chi connectivity index (χ0) is 22.7. The van der Waals surface area contributed by atoms with Crippen molar-refractivity contribution in [2.45, 2.75) is 71.9 Å². The van der Waals surface area contributed by atoms with Crippen molar-refractivity contribution in [1.29, 1.82) is 0 Å². The molecule has 1 N–H and O–H groups in total. The molecule has 1 aliphatic rings. The quantitative estimate of drug-likeness (QED) is 0.535. The topological polar surface area (TPSA) is 79.5 Å². The molecule has 0 bridgehead atoms. The number of rotatable bonds is 6. The van der Waals surface area contributed by atoms with Crippen LogP contribution >= 0.6 is 0 Å². The van der Waals surface area contributed by atoms with Gasteiger partial charge in [0.25, 0.3) is 5.91 Å². The molecule has 6 heteroatoms. The van der Waals surface area contributed by atoms with Gasteiger partial charge in [0.15, 0.2) is 5.78 Å². The van der Waals surface area contributed by atoms with Crippen LogP contribution in [0.4, 0.5) is 0 Å². The largest absolute Gasteiger partial charge is 0.464 e. The van der Waals surface area contributed by atoms with E-state index in [1.165, 1.54) is 7.11 Å². The second-order valence-electron chi connectivity index (χ2n) is 8.53. The minimum atomic E-state index is -0.643. The number of aromatic amines is 1. The summed E-state index contributed by atoms with van der Waals surface area (Å²) >= 11 is 0. The Balaban J connectivity index is 1.98. The number of aromatic nitrogens is 1. The van der Waals surface area contributed by atoms with Crippen molar-refractivity contribution < 1.29 is 19.1 Å². The number of amides is 1. The molecule has 1 aliphatic carbocycles. The van der Waals surface area contributed by atoms with Crippen molar-refractivity contribution in [3.8, 4) is 0 Å². The van der Waals surface area contributed by atoms with Crippen LogP contribution in [0.15, 0.2) is 24.3 Å². The maximum atomic E-state index is 13.6. The fourth-order valence-electron chi connectivity index (χ4n) is 4.62. The predicted octanol–water partition coefficient (Wildman–Crippen LogP) is 4.77. The van der Waals surface area contributed by atoms with E-state index in [2.05, 4.69) is 4.98 Å². The number of H-pyrrole nitrogens is 1. The van der Waals surface area contributed by atoms with E-state index in [0.717, 1.165) is 37.7 Å². The molecule has 31 heavy (non-hydrogen) atoms. The van der Waals surface area contributed by atoms with Gasteiger partial charge in [-0.25, -0.2) is 4.79 Å². The maximum absolute atomic E-state index is 13.6. The first-order valence-electron chi connectivity index (χ1n) is 11.0. The summed E-state index contributed by atoms with van der Waals surface area (Å²) in [5.74, 6) is -0.786. The van der Waals surface area contributed by atoms with E-state index in [0.29, 0.717) is 22.4 Å². The van der Waals surface area contributed by atoms with Crippen molar-refractivity contribution in [1.82, 2.24) is 9.88 Å². The molecule has 0 radical (unpaired) electrons. The molecule has 1 fully saturated rings. The van der Waals surface area contributed by atoms with Gasteiger partial charge in [-0.05, 0) is 58.2 Å². The Kier molecular flexibility index (Phi) is 6.98. The Hall–Kier alpha value is -2.89. The van der Waals surface area contributed by atoms with Crippen molar-refractivity contribution in [2.24, 2.45) is 0 Å². The maximum Gasteiger partial charge on any atom is 0.354 e. The predicted molar refractivity (Wildman–Crippen MR) is 120 cm³/mol.